The lowest BCUT2D eigenvalue weighted by Crippen LogP contribution is -2.08. The smallest absolute Gasteiger partial charge is 0.320 e. The number of aromatic nitrogens is 5. The average Bonchev–Trinajstić information content (AvgIpc) is 3.37. The lowest BCUT2D eigenvalue weighted by atomic mass is 10.1. The first-order valence-electron chi connectivity index (χ1n) is 9.79. The van der Waals surface area contributed by atoms with Crippen LogP contribution in [0.25, 0.3) is 22.7 Å². The zero-order valence-electron chi connectivity index (χ0n) is 17.3. The van der Waals surface area contributed by atoms with E-state index < -0.39 is 0 Å². The number of methoxy groups -OCH3 is 2. The molecule has 31 heavy (non-hydrogen) atoms. The van der Waals surface area contributed by atoms with Crippen molar-refractivity contribution in [3.05, 3.63) is 60.7 Å². The average molecular weight is 418 g/mol. The summed E-state index contributed by atoms with van der Waals surface area (Å²) in [7, 11) is 3.04. The zero-order chi connectivity index (χ0) is 21.5. The summed E-state index contributed by atoms with van der Waals surface area (Å²) in [6, 6.07) is 11.5. The molecule has 0 aromatic carbocycles. The highest BCUT2D eigenvalue weighted by Crippen LogP contribution is 2.32. The van der Waals surface area contributed by atoms with Gasteiger partial charge in [0.2, 0.25) is 11.8 Å². The molecule has 0 spiro atoms. The highest BCUT2D eigenvalue weighted by Gasteiger charge is 2.17. The summed E-state index contributed by atoms with van der Waals surface area (Å²) in [5, 5.41) is 3.27. The van der Waals surface area contributed by atoms with E-state index in [1.165, 1.54) is 14.2 Å². The van der Waals surface area contributed by atoms with Gasteiger partial charge in [-0.05, 0) is 37.1 Å². The Morgan fingerprint density at radius 1 is 1.00 bits per heavy atom. The second-order valence-corrected chi connectivity index (χ2v) is 6.57. The third-order valence-corrected chi connectivity index (χ3v) is 4.51. The molecule has 0 aliphatic heterocycles. The van der Waals surface area contributed by atoms with Crippen molar-refractivity contribution in [2.45, 2.75) is 12.8 Å². The predicted octanol–water partition coefficient (Wildman–Crippen LogP) is 3.65. The van der Waals surface area contributed by atoms with Crippen LogP contribution in [0.15, 0.2) is 59.5 Å². The molecule has 158 valence electrons. The van der Waals surface area contributed by atoms with Crippen molar-refractivity contribution in [1.82, 2.24) is 24.9 Å². The van der Waals surface area contributed by atoms with Crippen LogP contribution in [0.2, 0.25) is 0 Å². The monoisotopic (exact) mass is 418 g/mol. The molecule has 0 bridgehead atoms. The van der Waals surface area contributed by atoms with Gasteiger partial charge in [-0.15, -0.1) is 0 Å². The van der Waals surface area contributed by atoms with Crippen LogP contribution in [0.3, 0.4) is 0 Å². The molecule has 4 heterocycles. The number of ether oxygens (including phenoxy) is 2. The van der Waals surface area contributed by atoms with Gasteiger partial charge in [0, 0.05) is 36.3 Å². The van der Waals surface area contributed by atoms with Gasteiger partial charge in [-0.25, -0.2) is 9.97 Å². The van der Waals surface area contributed by atoms with E-state index in [9.17, 15) is 0 Å². The first-order valence-corrected chi connectivity index (χ1v) is 9.79. The molecule has 0 unspecified atom stereocenters. The molecular formula is C22H22N6O3. The minimum absolute atomic E-state index is 0.191. The van der Waals surface area contributed by atoms with Crippen LogP contribution in [0, 0.1) is 0 Å². The minimum atomic E-state index is 0.191. The highest BCUT2D eigenvalue weighted by atomic mass is 16.5. The summed E-state index contributed by atoms with van der Waals surface area (Å²) in [4.78, 5) is 22.0. The van der Waals surface area contributed by atoms with Crippen LogP contribution in [0.4, 0.5) is 5.95 Å². The van der Waals surface area contributed by atoms with Gasteiger partial charge in [-0.2, -0.15) is 9.97 Å². The second kappa shape index (κ2) is 9.66. The van der Waals surface area contributed by atoms with Crippen molar-refractivity contribution in [2.24, 2.45) is 0 Å². The number of aryl methyl sites for hydroxylation is 1. The molecule has 9 heteroatoms. The Morgan fingerprint density at radius 2 is 1.94 bits per heavy atom. The van der Waals surface area contributed by atoms with Crippen molar-refractivity contribution < 1.29 is 13.9 Å². The zero-order valence-corrected chi connectivity index (χ0v) is 17.3. The molecule has 0 aliphatic carbocycles. The van der Waals surface area contributed by atoms with E-state index in [0.29, 0.717) is 41.1 Å². The number of hydrogen-bond acceptors (Lipinski definition) is 9. The summed E-state index contributed by atoms with van der Waals surface area (Å²) in [5.41, 5.74) is 2.91. The number of rotatable bonds is 9. The van der Waals surface area contributed by atoms with E-state index in [4.69, 9.17) is 13.9 Å². The topological polar surface area (TPSA) is 108 Å². The van der Waals surface area contributed by atoms with Crippen molar-refractivity contribution >= 4 is 5.95 Å². The molecular weight excluding hydrogens is 396 g/mol. The van der Waals surface area contributed by atoms with Crippen molar-refractivity contribution in [3.8, 4) is 34.6 Å². The predicted molar refractivity (Wildman–Crippen MR) is 115 cm³/mol. The standard InChI is InChI=1S/C22H22N6O3/c1-29-19-13-17(26-22(27-19)30-2)16-14-25-21(28-20(16)18-9-6-12-31-18)24-11-5-8-15-7-3-4-10-23-15/h3-4,6-7,9-10,12-14H,5,8,11H2,1-2H3,(H,24,25,28). The maximum absolute atomic E-state index is 5.60. The lowest BCUT2D eigenvalue weighted by Gasteiger charge is -2.11. The summed E-state index contributed by atoms with van der Waals surface area (Å²) in [5.74, 6) is 1.48. The fourth-order valence-electron chi connectivity index (χ4n) is 3.01. The summed E-state index contributed by atoms with van der Waals surface area (Å²) < 4.78 is 16.1. The van der Waals surface area contributed by atoms with E-state index in [-0.39, 0.29) is 6.01 Å². The van der Waals surface area contributed by atoms with Gasteiger partial charge in [0.1, 0.15) is 5.69 Å². The normalized spacial score (nSPS) is 10.6. The SMILES string of the molecule is COc1cc(-c2cnc(NCCCc3ccccn3)nc2-c2ccco2)nc(OC)n1. The Balaban J connectivity index is 1.57. The first kappa shape index (κ1) is 20.3. The van der Waals surface area contributed by atoms with Crippen molar-refractivity contribution in [1.29, 1.82) is 0 Å². The van der Waals surface area contributed by atoms with E-state index >= 15 is 0 Å². The molecule has 0 atom stereocenters. The third kappa shape index (κ3) is 4.95. The molecule has 0 saturated heterocycles. The molecule has 4 aromatic rings. The van der Waals surface area contributed by atoms with Crippen LogP contribution in [-0.2, 0) is 6.42 Å². The van der Waals surface area contributed by atoms with Gasteiger partial charge in [0.15, 0.2) is 5.76 Å². The van der Waals surface area contributed by atoms with Gasteiger partial charge >= 0.3 is 6.01 Å². The van der Waals surface area contributed by atoms with Gasteiger partial charge in [0.25, 0.3) is 0 Å². The Labute approximate surface area is 179 Å². The first-order chi connectivity index (χ1) is 15.3. The minimum Gasteiger partial charge on any atom is -0.481 e. The van der Waals surface area contributed by atoms with Gasteiger partial charge in [0.05, 0.1) is 26.2 Å². The molecule has 0 saturated carbocycles. The molecule has 0 radical (unpaired) electrons. The molecule has 4 rings (SSSR count). The Bertz CT molecular complexity index is 1100. The number of anilines is 1. The van der Waals surface area contributed by atoms with Gasteiger partial charge in [-0.3, -0.25) is 4.98 Å². The van der Waals surface area contributed by atoms with Gasteiger partial charge < -0.3 is 19.2 Å². The summed E-state index contributed by atoms with van der Waals surface area (Å²) in [6.45, 7) is 0.711. The Kier molecular flexibility index (Phi) is 6.32. The quantitative estimate of drug-likeness (QED) is 0.407. The maximum atomic E-state index is 5.60. The summed E-state index contributed by atoms with van der Waals surface area (Å²) >= 11 is 0. The molecule has 0 fully saturated rings. The van der Waals surface area contributed by atoms with Crippen LogP contribution in [0.5, 0.6) is 11.9 Å². The van der Waals surface area contributed by atoms with Gasteiger partial charge in [-0.1, -0.05) is 6.07 Å². The van der Waals surface area contributed by atoms with E-state index in [1.54, 1.807) is 24.7 Å². The molecule has 0 aliphatic rings. The fraction of sp³-hybridized carbons (Fsp3) is 0.227. The van der Waals surface area contributed by atoms with Crippen LogP contribution >= 0.6 is 0 Å². The second-order valence-electron chi connectivity index (χ2n) is 6.57. The van der Waals surface area contributed by atoms with Crippen molar-refractivity contribution in [3.63, 3.8) is 0 Å². The van der Waals surface area contributed by atoms with Crippen LogP contribution in [-0.4, -0.2) is 45.7 Å². The molecule has 1 N–H and O–H groups in total. The van der Waals surface area contributed by atoms with Crippen molar-refractivity contribution in [2.75, 3.05) is 26.1 Å². The third-order valence-electron chi connectivity index (χ3n) is 4.51. The number of furan rings is 1. The number of nitrogens with one attached hydrogen (secondary N) is 1. The Morgan fingerprint density at radius 3 is 2.68 bits per heavy atom. The number of pyridine rings is 1. The van der Waals surface area contributed by atoms with Crippen LogP contribution in [0.1, 0.15) is 12.1 Å². The largest absolute Gasteiger partial charge is 0.481 e. The molecule has 0 amide bonds. The van der Waals surface area contributed by atoms with E-state index in [0.717, 1.165) is 18.5 Å². The maximum Gasteiger partial charge on any atom is 0.320 e. The van der Waals surface area contributed by atoms with E-state index in [1.807, 2.05) is 30.3 Å². The number of nitrogens with zero attached hydrogens (tertiary/aromatic N) is 5. The van der Waals surface area contributed by atoms with E-state index in [2.05, 4.69) is 30.2 Å². The number of hydrogen-bond donors (Lipinski definition) is 1. The lowest BCUT2D eigenvalue weighted by molar-refractivity contribution is 0.352. The fourth-order valence-corrected chi connectivity index (χ4v) is 3.01. The molecule has 4 aromatic heterocycles. The molecule has 9 nitrogen and oxygen atoms in total. The Hall–Kier alpha value is -4.01. The van der Waals surface area contributed by atoms with Crippen LogP contribution < -0.4 is 14.8 Å². The summed E-state index contributed by atoms with van der Waals surface area (Å²) in [6.07, 6.45) is 6.88. The highest BCUT2D eigenvalue weighted by molar-refractivity contribution is 5.77.